The molecule has 2 fully saturated rings. The second kappa shape index (κ2) is 9.39. The van der Waals surface area contributed by atoms with Gasteiger partial charge in [0.25, 0.3) is 0 Å². The zero-order valence-electron chi connectivity index (χ0n) is 18.1. The molecule has 3 heterocycles. The van der Waals surface area contributed by atoms with Crippen LogP contribution in [0, 0.1) is 0 Å². The maximum Gasteiger partial charge on any atom is 0.232 e. The van der Waals surface area contributed by atoms with Crippen molar-refractivity contribution in [3.8, 4) is 0 Å². The summed E-state index contributed by atoms with van der Waals surface area (Å²) in [6.07, 6.45) is 9.73. The zero-order chi connectivity index (χ0) is 21.0. The van der Waals surface area contributed by atoms with Gasteiger partial charge in [-0.3, -0.25) is 0 Å². The van der Waals surface area contributed by atoms with Crippen LogP contribution in [0.1, 0.15) is 56.1 Å². The van der Waals surface area contributed by atoms with Crippen LogP contribution in [-0.4, -0.2) is 40.8 Å². The van der Waals surface area contributed by atoms with E-state index in [2.05, 4.69) is 50.8 Å². The molecule has 1 aromatic heterocycles. The van der Waals surface area contributed by atoms with Gasteiger partial charge >= 0.3 is 0 Å². The minimum Gasteiger partial charge on any atom is -0.360 e. The second-order valence-electron chi connectivity index (χ2n) is 8.98. The van der Waals surface area contributed by atoms with E-state index in [0.717, 1.165) is 44.2 Å². The van der Waals surface area contributed by atoms with Gasteiger partial charge in [-0.2, -0.15) is 9.97 Å². The fraction of sp³-hybridized carbons (Fsp3) is 0.542. The van der Waals surface area contributed by atoms with Crippen molar-refractivity contribution in [2.75, 3.05) is 34.8 Å². The highest BCUT2D eigenvalue weighted by Gasteiger charge is 2.22. The number of nitrogens with one attached hydrogen (secondary N) is 2. The van der Waals surface area contributed by atoms with Crippen molar-refractivity contribution in [1.29, 1.82) is 0 Å². The topological polar surface area (TPSA) is 56.3 Å². The van der Waals surface area contributed by atoms with E-state index >= 15 is 0 Å². The molecule has 2 aromatic rings. The van der Waals surface area contributed by atoms with E-state index in [1.807, 2.05) is 0 Å². The first-order valence-corrected chi connectivity index (χ1v) is 12.2. The Kier molecular flexibility index (Phi) is 6.20. The van der Waals surface area contributed by atoms with Crippen LogP contribution in [0.2, 0.25) is 0 Å². The highest BCUT2D eigenvalue weighted by molar-refractivity contribution is 7.80. The molecule has 1 aliphatic carbocycles. The number of hydrogen-bond acceptors (Lipinski definition) is 5. The molecule has 2 N–H and O–H groups in total. The normalized spacial score (nSPS) is 19.2. The first-order chi connectivity index (χ1) is 15.2. The molecular weight excluding hydrogens is 404 g/mol. The lowest BCUT2D eigenvalue weighted by molar-refractivity contribution is 0.573. The van der Waals surface area contributed by atoms with Gasteiger partial charge in [0, 0.05) is 38.3 Å². The van der Waals surface area contributed by atoms with Crippen LogP contribution in [0.4, 0.5) is 17.6 Å². The number of fused-ring (bicyclic) bond motifs is 1. The highest BCUT2D eigenvalue weighted by Crippen LogP contribution is 2.28. The Morgan fingerprint density at radius 3 is 2.35 bits per heavy atom. The van der Waals surface area contributed by atoms with Crippen LogP contribution >= 0.6 is 12.2 Å². The molecule has 164 valence electrons. The van der Waals surface area contributed by atoms with Crippen molar-refractivity contribution in [2.45, 2.75) is 64.0 Å². The van der Waals surface area contributed by atoms with Gasteiger partial charge in [-0.05, 0) is 61.9 Å². The highest BCUT2D eigenvalue weighted by atomic mass is 32.1. The maximum absolute atomic E-state index is 5.59. The molecule has 1 saturated heterocycles. The summed E-state index contributed by atoms with van der Waals surface area (Å²) in [6.45, 7) is 3.97. The third-order valence-electron chi connectivity index (χ3n) is 6.75. The molecule has 0 atom stereocenters. The Hall–Kier alpha value is -2.41. The quantitative estimate of drug-likeness (QED) is 0.695. The number of hydrogen-bond donors (Lipinski definition) is 2. The van der Waals surface area contributed by atoms with Gasteiger partial charge in [0.1, 0.15) is 11.6 Å². The van der Waals surface area contributed by atoms with Crippen molar-refractivity contribution in [1.82, 2.24) is 15.3 Å². The van der Waals surface area contributed by atoms with Crippen LogP contribution in [-0.2, 0) is 13.0 Å². The van der Waals surface area contributed by atoms with Gasteiger partial charge in [-0.1, -0.05) is 37.1 Å². The van der Waals surface area contributed by atoms with E-state index in [9.17, 15) is 0 Å². The molecule has 3 aliphatic rings. The van der Waals surface area contributed by atoms with Gasteiger partial charge in [0.15, 0.2) is 5.11 Å². The van der Waals surface area contributed by atoms with Gasteiger partial charge in [-0.15, -0.1) is 0 Å². The second-order valence-corrected chi connectivity index (χ2v) is 9.38. The first kappa shape index (κ1) is 20.5. The molecular formula is C24H32N6S. The lowest BCUT2D eigenvalue weighted by Gasteiger charge is -2.32. The van der Waals surface area contributed by atoms with Crippen molar-refractivity contribution in [3.63, 3.8) is 0 Å². The van der Waals surface area contributed by atoms with E-state index in [0.29, 0.717) is 17.1 Å². The summed E-state index contributed by atoms with van der Waals surface area (Å²) in [6, 6.07) is 11.4. The summed E-state index contributed by atoms with van der Waals surface area (Å²) in [5, 5.41) is 7.38. The molecule has 0 unspecified atom stereocenters. The van der Waals surface area contributed by atoms with Crippen molar-refractivity contribution in [2.24, 2.45) is 0 Å². The Morgan fingerprint density at radius 1 is 0.871 bits per heavy atom. The average molecular weight is 437 g/mol. The van der Waals surface area contributed by atoms with E-state index in [1.54, 1.807) is 0 Å². The number of rotatable bonds is 4. The van der Waals surface area contributed by atoms with Crippen LogP contribution in [0.25, 0.3) is 0 Å². The van der Waals surface area contributed by atoms with Crippen molar-refractivity contribution < 1.29 is 0 Å². The Morgan fingerprint density at radius 2 is 1.58 bits per heavy atom. The molecule has 1 aromatic carbocycles. The van der Waals surface area contributed by atoms with E-state index in [-0.39, 0.29) is 0 Å². The largest absolute Gasteiger partial charge is 0.360 e. The lowest BCUT2D eigenvalue weighted by atomic mass is 10.00. The molecule has 5 rings (SSSR count). The number of anilines is 3. The Balaban J connectivity index is 1.38. The molecule has 6 nitrogen and oxygen atoms in total. The van der Waals surface area contributed by atoms with Crippen molar-refractivity contribution in [3.05, 3.63) is 41.5 Å². The third-order valence-corrected chi connectivity index (χ3v) is 6.97. The number of benzene rings is 1. The molecule has 0 radical (unpaired) electrons. The van der Waals surface area contributed by atoms with Crippen LogP contribution in [0.15, 0.2) is 30.3 Å². The fourth-order valence-electron chi connectivity index (χ4n) is 5.01. The fourth-order valence-corrected chi connectivity index (χ4v) is 5.27. The van der Waals surface area contributed by atoms with Gasteiger partial charge in [0.05, 0.1) is 0 Å². The number of piperidine rings is 1. The first-order valence-electron chi connectivity index (χ1n) is 11.8. The monoisotopic (exact) mass is 436 g/mol. The lowest BCUT2D eigenvalue weighted by Crippen LogP contribution is -2.37. The standard InChI is InChI=1S/C24H32N6S/c31-24(25-20-10-4-5-11-20)28-23-26-21(29-13-6-1-7-14-29)16-22(27-23)30-15-12-18-8-2-3-9-19(18)17-30/h2-3,8-9,16,20H,1,4-7,10-15,17H2,(H2,25,26,27,28,31). The van der Waals surface area contributed by atoms with Crippen LogP contribution in [0.5, 0.6) is 0 Å². The van der Waals surface area contributed by atoms with Gasteiger partial charge in [0.2, 0.25) is 5.95 Å². The van der Waals surface area contributed by atoms with E-state index in [1.165, 1.54) is 56.1 Å². The molecule has 0 bridgehead atoms. The van der Waals surface area contributed by atoms with Gasteiger partial charge in [-0.25, -0.2) is 0 Å². The number of thiocarbonyl (C=S) groups is 1. The Bertz CT molecular complexity index is 920. The smallest absolute Gasteiger partial charge is 0.232 e. The Labute approximate surface area is 190 Å². The third kappa shape index (κ3) is 4.92. The van der Waals surface area contributed by atoms with Crippen LogP contribution < -0.4 is 20.4 Å². The zero-order valence-corrected chi connectivity index (χ0v) is 19.0. The molecule has 7 heteroatoms. The number of nitrogens with zero attached hydrogens (tertiary/aromatic N) is 4. The summed E-state index contributed by atoms with van der Waals surface area (Å²) < 4.78 is 0. The maximum atomic E-state index is 5.59. The summed E-state index contributed by atoms with van der Waals surface area (Å²) in [5.41, 5.74) is 2.84. The minimum atomic E-state index is 0.475. The van der Waals surface area contributed by atoms with Crippen LogP contribution in [0.3, 0.4) is 0 Å². The summed E-state index contributed by atoms with van der Waals surface area (Å²) in [5.74, 6) is 2.60. The summed E-state index contributed by atoms with van der Waals surface area (Å²) >= 11 is 5.59. The average Bonchev–Trinajstić information content (AvgIpc) is 3.32. The minimum absolute atomic E-state index is 0.475. The summed E-state index contributed by atoms with van der Waals surface area (Å²) in [4.78, 5) is 14.5. The number of aromatic nitrogens is 2. The SMILES string of the molecule is S=C(Nc1nc(N2CCCCC2)cc(N2CCc3ccccc3C2)n1)NC1CCCC1. The van der Waals surface area contributed by atoms with E-state index < -0.39 is 0 Å². The predicted octanol–water partition coefficient (Wildman–Crippen LogP) is 4.26. The van der Waals surface area contributed by atoms with E-state index in [4.69, 9.17) is 22.2 Å². The predicted molar refractivity (Wildman–Crippen MR) is 131 cm³/mol. The molecule has 1 saturated carbocycles. The van der Waals surface area contributed by atoms with Crippen molar-refractivity contribution >= 4 is 34.9 Å². The molecule has 0 spiro atoms. The molecule has 2 aliphatic heterocycles. The molecule has 31 heavy (non-hydrogen) atoms. The summed E-state index contributed by atoms with van der Waals surface area (Å²) in [7, 11) is 0. The van der Waals surface area contributed by atoms with Gasteiger partial charge < -0.3 is 20.4 Å². The molecule has 0 amide bonds.